The number of aromatic nitrogens is 1. The van der Waals surface area contributed by atoms with Crippen molar-refractivity contribution in [2.75, 3.05) is 35.3 Å². The fraction of sp³-hybridized carbons (Fsp3) is 0.312. The van der Waals surface area contributed by atoms with Crippen LogP contribution in [0.25, 0.3) is 0 Å². The molecule has 0 saturated heterocycles. The molecule has 0 unspecified atom stereocenters. The van der Waals surface area contributed by atoms with Crippen molar-refractivity contribution < 1.29 is 14.3 Å². The number of ketones is 2. The highest BCUT2D eigenvalue weighted by atomic mass is 16.5. The predicted octanol–water partition coefficient (Wildman–Crippen LogP) is 1.61. The van der Waals surface area contributed by atoms with Gasteiger partial charge in [-0.1, -0.05) is 0 Å². The average Bonchev–Trinajstić information content (AvgIpc) is 2.49. The number of hydrogen-bond acceptors (Lipinski definition) is 6. The van der Waals surface area contributed by atoms with Crippen LogP contribution < -0.4 is 4.74 Å². The second-order valence-corrected chi connectivity index (χ2v) is 5.03. The lowest BCUT2D eigenvalue weighted by molar-refractivity contribution is 0.103. The number of nitrogens with zero attached hydrogens (tertiary/aromatic N) is 3. The summed E-state index contributed by atoms with van der Waals surface area (Å²) in [6.45, 7) is 0. The number of allylic oxidation sites excluding steroid dienone is 2. The molecule has 0 amide bonds. The minimum Gasteiger partial charge on any atom is -0.494 e. The van der Waals surface area contributed by atoms with Gasteiger partial charge in [0.25, 0.3) is 0 Å². The molecule has 0 aliphatic rings. The van der Waals surface area contributed by atoms with Crippen LogP contribution in [0.3, 0.4) is 0 Å². The van der Waals surface area contributed by atoms with Crippen molar-refractivity contribution in [2.45, 2.75) is 0 Å². The maximum Gasteiger partial charge on any atom is 0.209 e. The molecule has 1 aromatic heterocycles. The van der Waals surface area contributed by atoms with Crippen molar-refractivity contribution in [1.82, 2.24) is 14.8 Å². The number of ether oxygens (including phenoxy) is 1. The summed E-state index contributed by atoms with van der Waals surface area (Å²) in [7, 11) is 8.69. The lowest BCUT2D eigenvalue weighted by atomic mass is 10.1. The molecular weight excluding hydrogens is 282 g/mol. The third-order valence-electron chi connectivity index (χ3n) is 2.61. The van der Waals surface area contributed by atoms with E-state index in [1.807, 2.05) is 14.1 Å². The van der Waals surface area contributed by atoms with E-state index in [9.17, 15) is 9.59 Å². The number of carbonyl (C=O) groups excluding carboxylic acids is 2. The third-order valence-corrected chi connectivity index (χ3v) is 2.61. The second kappa shape index (κ2) is 7.97. The molecule has 0 saturated carbocycles. The lowest BCUT2D eigenvalue weighted by Gasteiger charge is -2.08. The van der Waals surface area contributed by atoms with E-state index in [-0.39, 0.29) is 23.0 Å². The zero-order valence-corrected chi connectivity index (χ0v) is 13.5. The first-order chi connectivity index (χ1) is 10.3. The van der Waals surface area contributed by atoms with Crippen LogP contribution >= 0.6 is 0 Å². The monoisotopic (exact) mass is 303 g/mol. The maximum absolute atomic E-state index is 12.2. The van der Waals surface area contributed by atoms with E-state index < -0.39 is 0 Å². The standard InChI is InChI=1S/C16H21N3O3/c1-18(2)10-8-13(20)12-6-7-15(22-5)16(17-12)14(21)9-11-19(3)4/h6-11H,1-5H3/b10-8+,11-9+. The zero-order chi connectivity index (χ0) is 16.7. The highest BCUT2D eigenvalue weighted by Gasteiger charge is 2.15. The van der Waals surface area contributed by atoms with E-state index in [4.69, 9.17) is 4.74 Å². The lowest BCUT2D eigenvalue weighted by Crippen LogP contribution is -2.10. The van der Waals surface area contributed by atoms with E-state index in [0.29, 0.717) is 5.75 Å². The molecule has 1 aromatic rings. The minimum absolute atomic E-state index is 0.115. The summed E-state index contributed by atoms with van der Waals surface area (Å²) in [5.41, 5.74) is 0.310. The molecule has 6 heteroatoms. The summed E-state index contributed by atoms with van der Waals surface area (Å²) in [5.74, 6) is -0.264. The average molecular weight is 303 g/mol. The Morgan fingerprint density at radius 1 is 1.00 bits per heavy atom. The molecule has 1 heterocycles. The Kier molecular flexibility index (Phi) is 6.31. The smallest absolute Gasteiger partial charge is 0.209 e. The summed E-state index contributed by atoms with van der Waals surface area (Å²) in [4.78, 5) is 31.8. The van der Waals surface area contributed by atoms with Crippen LogP contribution in [0.4, 0.5) is 0 Å². The van der Waals surface area contributed by atoms with Crippen LogP contribution in [-0.2, 0) is 0 Å². The summed E-state index contributed by atoms with van der Waals surface area (Å²) in [6.07, 6.45) is 6.03. The number of hydrogen-bond donors (Lipinski definition) is 0. The highest BCUT2D eigenvalue weighted by Crippen LogP contribution is 2.18. The number of pyridine rings is 1. The van der Waals surface area contributed by atoms with Gasteiger partial charge in [0.2, 0.25) is 11.6 Å². The summed E-state index contributed by atoms with van der Waals surface area (Å²) in [5, 5.41) is 0. The Hall–Kier alpha value is -2.63. The molecule has 1 rings (SSSR count). The van der Waals surface area contributed by atoms with Gasteiger partial charge in [-0.2, -0.15) is 0 Å². The zero-order valence-electron chi connectivity index (χ0n) is 13.5. The molecule has 0 radical (unpaired) electrons. The number of methoxy groups -OCH3 is 1. The van der Waals surface area contributed by atoms with Gasteiger partial charge in [0.1, 0.15) is 11.4 Å². The summed E-state index contributed by atoms with van der Waals surface area (Å²) in [6, 6.07) is 3.11. The largest absolute Gasteiger partial charge is 0.494 e. The van der Waals surface area contributed by atoms with Crippen molar-refractivity contribution in [2.24, 2.45) is 0 Å². The van der Waals surface area contributed by atoms with E-state index >= 15 is 0 Å². The van der Waals surface area contributed by atoms with Gasteiger partial charge >= 0.3 is 0 Å². The quantitative estimate of drug-likeness (QED) is 0.563. The van der Waals surface area contributed by atoms with Crippen molar-refractivity contribution >= 4 is 11.6 Å². The fourth-order valence-electron chi connectivity index (χ4n) is 1.52. The van der Waals surface area contributed by atoms with Crippen LogP contribution in [0.15, 0.2) is 36.7 Å². The Morgan fingerprint density at radius 2 is 1.55 bits per heavy atom. The summed E-state index contributed by atoms with van der Waals surface area (Å²) < 4.78 is 5.14. The molecule has 0 aromatic carbocycles. The van der Waals surface area contributed by atoms with E-state index in [1.165, 1.54) is 25.3 Å². The van der Waals surface area contributed by atoms with Crippen LogP contribution in [-0.4, -0.2) is 61.7 Å². The molecule has 0 spiro atoms. The molecular formula is C16H21N3O3. The van der Waals surface area contributed by atoms with E-state index in [2.05, 4.69) is 4.98 Å². The minimum atomic E-state index is -0.322. The highest BCUT2D eigenvalue weighted by molar-refractivity contribution is 6.07. The molecule has 0 atom stereocenters. The van der Waals surface area contributed by atoms with E-state index in [1.54, 1.807) is 42.4 Å². The van der Waals surface area contributed by atoms with Gasteiger partial charge in [0.15, 0.2) is 5.69 Å². The first kappa shape index (κ1) is 17.4. The van der Waals surface area contributed by atoms with Crippen molar-refractivity contribution in [1.29, 1.82) is 0 Å². The Balaban J connectivity index is 3.13. The molecule has 0 bridgehead atoms. The van der Waals surface area contributed by atoms with Crippen molar-refractivity contribution in [3.05, 3.63) is 48.1 Å². The first-order valence-electron chi connectivity index (χ1n) is 6.68. The Morgan fingerprint density at radius 3 is 2.05 bits per heavy atom. The molecule has 0 aliphatic heterocycles. The Labute approximate surface area is 130 Å². The van der Waals surface area contributed by atoms with Crippen LogP contribution in [0.2, 0.25) is 0 Å². The predicted molar refractivity (Wildman–Crippen MR) is 85.1 cm³/mol. The number of carbonyl (C=O) groups is 2. The normalized spacial score (nSPS) is 11.0. The third kappa shape index (κ3) is 5.05. The van der Waals surface area contributed by atoms with E-state index in [0.717, 1.165) is 0 Å². The SMILES string of the molecule is COc1ccc(C(=O)/C=C/N(C)C)nc1C(=O)/C=C/N(C)C. The first-order valence-corrected chi connectivity index (χ1v) is 6.68. The maximum atomic E-state index is 12.2. The van der Waals surface area contributed by atoms with Crippen molar-refractivity contribution in [3.8, 4) is 5.75 Å². The van der Waals surface area contributed by atoms with Crippen LogP contribution in [0.5, 0.6) is 5.75 Å². The molecule has 0 aliphatic carbocycles. The van der Waals surface area contributed by atoms with Crippen LogP contribution in [0.1, 0.15) is 21.0 Å². The van der Waals surface area contributed by atoms with Gasteiger partial charge in [-0.25, -0.2) is 4.98 Å². The molecule has 22 heavy (non-hydrogen) atoms. The Bertz CT molecular complexity index is 605. The summed E-state index contributed by atoms with van der Waals surface area (Å²) >= 11 is 0. The van der Waals surface area contributed by atoms with Crippen molar-refractivity contribution in [3.63, 3.8) is 0 Å². The van der Waals surface area contributed by atoms with Gasteiger partial charge in [-0.15, -0.1) is 0 Å². The second-order valence-electron chi connectivity index (χ2n) is 5.03. The van der Waals surface area contributed by atoms with Crippen LogP contribution in [0, 0.1) is 0 Å². The molecule has 6 nitrogen and oxygen atoms in total. The van der Waals surface area contributed by atoms with Gasteiger partial charge < -0.3 is 14.5 Å². The number of rotatable bonds is 7. The fourth-order valence-corrected chi connectivity index (χ4v) is 1.52. The van der Waals surface area contributed by atoms with Gasteiger partial charge in [-0.05, 0) is 12.1 Å². The van der Waals surface area contributed by atoms with Gasteiger partial charge in [0, 0.05) is 52.7 Å². The molecule has 0 N–H and O–H groups in total. The molecule has 0 fully saturated rings. The van der Waals surface area contributed by atoms with Gasteiger partial charge in [-0.3, -0.25) is 9.59 Å². The topological polar surface area (TPSA) is 62.7 Å². The van der Waals surface area contributed by atoms with Gasteiger partial charge in [0.05, 0.1) is 7.11 Å². The molecule has 118 valence electrons.